The first-order valence-corrected chi connectivity index (χ1v) is 12.7. The van der Waals surface area contributed by atoms with Gasteiger partial charge in [0.1, 0.15) is 6.26 Å². The first kappa shape index (κ1) is 24.2. The third-order valence-corrected chi connectivity index (χ3v) is 6.93. The Morgan fingerprint density at radius 3 is 2.46 bits per heavy atom. The van der Waals surface area contributed by atoms with Crippen molar-refractivity contribution in [2.75, 3.05) is 11.3 Å². The Morgan fingerprint density at radius 1 is 0.943 bits per heavy atom. The molecule has 8 heteroatoms. The monoisotopic (exact) mass is 489 g/mol. The van der Waals surface area contributed by atoms with Crippen molar-refractivity contribution in [3.63, 3.8) is 0 Å². The van der Waals surface area contributed by atoms with Gasteiger partial charge in [-0.1, -0.05) is 35.9 Å². The average molecular weight is 490 g/mol. The van der Waals surface area contributed by atoms with E-state index in [2.05, 4.69) is 15.0 Å². The molecule has 0 spiro atoms. The van der Waals surface area contributed by atoms with Gasteiger partial charge >= 0.3 is 0 Å². The molecular weight excluding hydrogens is 462 g/mol. The number of amides is 1. The number of carbonyl (C=O) groups is 1. The van der Waals surface area contributed by atoms with Crippen molar-refractivity contribution in [2.45, 2.75) is 32.1 Å². The zero-order chi connectivity index (χ0) is 25.0. The normalized spacial score (nSPS) is 11.3. The van der Waals surface area contributed by atoms with Crippen LogP contribution in [0.3, 0.4) is 0 Å². The number of hydrogen-bond acceptors (Lipinski definition) is 5. The number of nitrogens with one attached hydrogen (secondary N) is 2. The van der Waals surface area contributed by atoms with Crippen LogP contribution in [0.25, 0.3) is 11.5 Å². The third-order valence-electron chi connectivity index (χ3n) is 5.55. The maximum absolute atomic E-state index is 12.9. The summed E-state index contributed by atoms with van der Waals surface area (Å²) in [6, 6.07) is 19.5. The highest BCUT2D eigenvalue weighted by atomic mass is 32.2. The number of sulfonamides is 1. The van der Waals surface area contributed by atoms with E-state index >= 15 is 0 Å². The molecule has 0 saturated carbocycles. The Labute approximate surface area is 205 Å². The lowest BCUT2D eigenvalue weighted by Crippen LogP contribution is -2.27. The van der Waals surface area contributed by atoms with Gasteiger partial charge in [-0.05, 0) is 68.3 Å². The zero-order valence-electron chi connectivity index (χ0n) is 19.8. The van der Waals surface area contributed by atoms with Crippen LogP contribution in [0, 0.1) is 20.8 Å². The molecule has 0 bridgehead atoms. The van der Waals surface area contributed by atoms with Gasteiger partial charge in [0.25, 0.3) is 15.9 Å². The minimum absolute atomic E-state index is 0.0222. The highest BCUT2D eigenvalue weighted by Crippen LogP contribution is 2.21. The largest absolute Gasteiger partial charge is 0.444 e. The fourth-order valence-corrected chi connectivity index (χ4v) is 4.66. The summed E-state index contributed by atoms with van der Waals surface area (Å²) in [6.07, 6.45) is 2.06. The average Bonchev–Trinajstić information content (AvgIpc) is 3.28. The van der Waals surface area contributed by atoms with Crippen LogP contribution in [-0.4, -0.2) is 25.9 Å². The lowest BCUT2D eigenvalue weighted by atomic mass is 10.1. The van der Waals surface area contributed by atoms with Crippen LogP contribution in [0.15, 0.2) is 82.3 Å². The SMILES string of the molecule is Cc1ccc(-c2nc(CCNC(=O)c3cc(S(=O)(=O)Nc4cccc(C)c4)ccc3C)co2)cc1. The van der Waals surface area contributed by atoms with Crippen LogP contribution in [-0.2, 0) is 16.4 Å². The fraction of sp³-hybridized carbons (Fsp3) is 0.185. The maximum Gasteiger partial charge on any atom is 0.261 e. The van der Waals surface area contributed by atoms with Crippen molar-refractivity contribution < 1.29 is 17.6 Å². The molecule has 0 aliphatic heterocycles. The quantitative estimate of drug-likeness (QED) is 0.361. The molecule has 0 aliphatic carbocycles. The van der Waals surface area contributed by atoms with E-state index in [1.54, 1.807) is 37.5 Å². The number of benzene rings is 3. The molecule has 0 radical (unpaired) electrons. The number of hydrogen-bond donors (Lipinski definition) is 2. The standard InChI is InChI=1S/C27H27N3O4S/c1-18-7-10-21(11-8-18)27-29-23(17-34-27)13-14-28-26(31)25-16-24(12-9-20(25)3)35(32,33)30-22-6-4-5-19(2)15-22/h4-12,15-17,30H,13-14H2,1-3H3,(H,28,31). The molecule has 180 valence electrons. The molecule has 1 aromatic heterocycles. The Hall–Kier alpha value is -3.91. The molecule has 0 fully saturated rings. The van der Waals surface area contributed by atoms with Crippen molar-refractivity contribution >= 4 is 21.6 Å². The minimum atomic E-state index is -3.85. The zero-order valence-corrected chi connectivity index (χ0v) is 20.6. The Bertz CT molecular complexity index is 1460. The van der Waals surface area contributed by atoms with Gasteiger partial charge in [-0.15, -0.1) is 0 Å². The molecule has 1 heterocycles. The molecule has 1 amide bonds. The molecule has 0 saturated heterocycles. The van der Waals surface area contributed by atoms with E-state index < -0.39 is 10.0 Å². The van der Waals surface area contributed by atoms with Crippen molar-refractivity contribution in [3.05, 3.63) is 101 Å². The summed E-state index contributed by atoms with van der Waals surface area (Å²) in [5.74, 6) is 0.179. The van der Waals surface area contributed by atoms with E-state index in [0.29, 0.717) is 35.7 Å². The van der Waals surface area contributed by atoms with Gasteiger partial charge in [-0.3, -0.25) is 9.52 Å². The van der Waals surface area contributed by atoms with Crippen LogP contribution in [0.4, 0.5) is 5.69 Å². The van der Waals surface area contributed by atoms with Gasteiger partial charge in [0, 0.05) is 29.8 Å². The second kappa shape index (κ2) is 10.1. The van der Waals surface area contributed by atoms with E-state index in [4.69, 9.17) is 4.42 Å². The summed E-state index contributed by atoms with van der Waals surface area (Å²) in [6.45, 7) is 6.00. The van der Waals surface area contributed by atoms with Crippen LogP contribution in [0.1, 0.15) is 32.7 Å². The predicted octanol–water partition coefficient (Wildman–Crippen LogP) is 5.04. The summed E-state index contributed by atoms with van der Waals surface area (Å²) >= 11 is 0. The first-order valence-electron chi connectivity index (χ1n) is 11.2. The summed E-state index contributed by atoms with van der Waals surface area (Å²) in [4.78, 5) is 17.3. The molecule has 0 atom stereocenters. The molecule has 3 aromatic carbocycles. The molecule has 0 aliphatic rings. The lowest BCUT2D eigenvalue weighted by molar-refractivity contribution is 0.0953. The number of carbonyl (C=O) groups excluding carboxylic acids is 1. The second-order valence-corrected chi connectivity index (χ2v) is 10.2. The molecule has 0 unspecified atom stereocenters. The highest BCUT2D eigenvalue weighted by molar-refractivity contribution is 7.92. The lowest BCUT2D eigenvalue weighted by Gasteiger charge is -2.12. The second-order valence-electron chi connectivity index (χ2n) is 8.47. The summed E-state index contributed by atoms with van der Waals surface area (Å²) in [5.41, 5.74) is 5.15. The summed E-state index contributed by atoms with van der Waals surface area (Å²) in [5, 5.41) is 2.84. The van der Waals surface area contributed by atoms with Crippen LogP contribution >= 0.6 is 0 Å². The Kier molecular flexibility index (Phi) is 7.02. The van der Waals surface area contributed by atoms with Gasteiger partial charge < -0.3 is 9.73 Å². The van der Waals surface area contributed by atoms with E-state index in [-0.39, 0.29) is 10.8 Å². The number of anilines is 1. The molecule has 4 rings (SSSR count). The first-order chi connectivity index (χ1) is 16.7. The smallest absolute Gasteiger partial charge is 0.261 e. The summed E-state index contributed by atoms with van der Waals surface area (Å²) < 4.78 is 33.9. The van der Waals surface area contributed by atoms with Crippen molar-refractivity contribution in [1.82, 2.24) is 10.3 Å². The highest BCUT2D eigenvalue weighted by Gasteiger charge is 2.18. The van der Waals surface area contributed by atoms with E-state index in [0.717, 1.165) is 22.4 Å². The number of oxazole rings is 1. The van der Waals surface area contributed by atoms with Gasteiger partial charge in [-0.2, -0.15) is 0 Å². The predicted molar refractivity (Wildman–Crippen MR) is 136 cm³/mol. The molecular formula is C27H27N3O4S. The van der Waals surface area contributed by atoms with Crippen molar-refractivity contribution in [1.29, 1.82) is 0 Å². The van der Waals surface area contributed by atoms with Crippen molar-refractivity contribution in [3.8, 4) is 11.5 Å². The van der Waals surface area contributed by atoms with E-state index in [1.807, 2.05) is 44.2 Å². The number of nitrogens with zero attached hydrogens (tertiary/aromatic N) is 1. The fourth-order valence-electron chi connectivity index (χ4n) is 3.59. The molecule has 2 N–H and O–H groups in total. The van der Waals surface area contributed by atoms with Gasteiger partial charge in [-0.25, -0.2) is 13.4 Å². The molecule has 4 aromatic rings. The van der Waals surface area contributed by atoms with E-state index in [9.17, 15) is 13.2 Å². The van der Waals surface area contributed by atoms with Gasteiger partial charge in [0.05, 0.1) is 10.6 Å². The summed E-state index contributed by atoms with van der Waals surface area (Å²) in [7, 11) is -3.85. The number of aromatic nitrogens is 1. The van der Waals surface area contributed by atoms with Crippen LogP contribution in [0.5, 0.6) is 0 Å². The van der Waals surface area contributed by atoms with Crippen molar-refractivity contribution in [2.24, 2.45) is 0 Å². The van der Waals surface area contributed by atoms with Crippen LogP contribution in [0.2, 0.25) is 0 Å². The number of aryl methyl sites for hydroxylation is 3. The topological polar surface area (TPSA) is 101 Å². The van der Waals surface area contributed by atoms with Crippen LogP contribution < -0.4 is 10.0 Å². The van der Waals surface area contributed by atoms with E-state index in [1.165, 1.54) is 12.1 Å². The molecule has 35 heavy (non-hydrogen) atoms. The Morgan fingerprint density at radius 2 is 1.71 bits per heavy atom. The maximum atomic E-state index is 12.9. The third kappa shape index (κ3) is 5.96. The number of rotatable bonds is 8. The minimum Gasteiger partial charge on any atom is -0.444 e. The Balaban J connectivity index is 1.41. The van der Waals surface area contributed by atoms with Gasteiger partial charge in [0.2, 0.25) is 5.89 Å². The van der Waals surface area contributed by atoms with Gasteiger partial charge in [0.15, 0.2) is 0 Å². The molecule has 7 nitrogen and oxygen atoms in total.